The smallest absolute Gasteiger partial charge is 0.227 e. The molecular formula is C19H21FN6O. The van der Waals surface area contributed by atoms with Crippen molar-refractivity contribution >= 4 is 17.6 Å². The normalized spacial score (nSPS) is 16.6. The van der Waals surface area contributed by atoms with E-state index in [0.29, 0.717) is 40.5 Å². The molecule has 3 heterocycles. The zero-order valence-electron chi connectivity index (χ0n) is 15.2. The van der Waals surface area contributed by atoms with Gasteiger partial charge < -0.3 is 15.0 Å². The third kappa shape index (κ3) is 3.69. The molecule has 4 rings (SSSR count). The first-order valence-electron chi connectivity index (χ1n) is 8.86. The summed E-state index contributed by atoms with van der Waals surface area (Å²) in [6.07, 6.45) is 2.88. The van der Waals surface area contributed by atoms with E-state index < -0.39 is 0 Å². The van der Waals surface area contributed by atoms with Crippen molar-refractivity contribution in [3.05, 3.63) is 42.3 Å². The van der Waals surface area contributed by atoms with Crippen LogP contribution in [0.1, 0.15) is 13.3 Å². The second kappa shape index (κ2) is 7.22. The summed E-state index contributed by atoms with van der Waals surface area (Å²) in [6.45, 7) is 4.16. The molecule has 1 aliphatic rings. The second-order valence-corrected chi connectivity index (χ2v) is 6.72. The van der Waals surface area contributed by atoms with Crippen LogP contribution in [-0.4, -0.2) is 40.4 Å². The van der Waals surface area contributed by atoms with Gasteiger partial charge in [0.25, 0.3) is 0 Å². The standard InChI is InChI=1S/C19H21FN6O/c1-12-6-8-26(11-12)19-21-7-5-17(23-19)22-18-10-16(24-25-18)14-4-3-13(27-2)9-15(14)20/h3-5,7,9-10,12H,6,8,11H2,1-2H3,(H2,21,22,23,24,25). The first-order chi connectivity index (χ1) is 13.1. The highest BCUT2D eigenvalue weighted by Crippen LogP contribution is 2.27. The molecule has 1 atom stereocenters. The zero-order valence-corrected chi connectivity index (χ0v) is 15.2. The fraction of sp³-hybridized carbons (Fsp3) is 0.316. The molecule has 1 saturated heterocycles. The van der Waals surface area contributed by atoms with Gasteiger partial charge in [0.1, 0.15) is 17.4 Å². The third-order valence-corrected chi connectivity index (χ3v) is 4.65. The molecule has 1 fully saturated rings. The molecule has 0 radical (unpaired) electrons. The first kappa shape index (κ1) is 17.3. The SMILES string of the molecule is COc1ccc(-c2cc(Nc3ccnc(N4CCC(C)C4)n3)n[nH]2)c(F)c1. The Morgan fingerprint density at radius 2 is 2.15 bits per heavy atom. The lowest BCUT2D eigenvalue weighted by Crippen LogP contribution is -2.21. The molecule has 27 heavy (non-hydrogen) atoms. The molecule has 3 aromatic rings. The van der Waals surface area contributed by atoms with Crippen molar-refractivity contribution in [2.45, 2.75) is 13.3 Å². The van der Waals surface area contributed by atoms with Crippen LogP contribution in [0.15, 0.2) is 36.5 Å². The minimum absolute atomic E-state index is 0.378. The Balaban J connectivity index is 1.51. The Hall–Kier alpha value is -3.16. The van der Waals surface area contributed by atoms with Crippen molar-refractivity contribution in [1.82, 2.24) is 20.2 Å². The Labute approximate surface area is 156 Å². The zero-order chi connectivity index (χ0) is 18.8. The van der Waals surface area contributed by atoms with E-state index in [-0.39, 0.29) is 5.82 Å². The number of methoxy groups -OCH3 is 1. The van der Waals surface area contributed by atoms with Gasteiger partial charge in [-0.25, -0.2) is 9.37 Å². The molecule has 0 saturated carbocycles. The summed E-state index contributed by atoms with van der Waals surface area (Å²) < 4.78 is 19.3. The molecule has 140 valence electrons. The molecule has 2 aromatic heterocycles. The Morgan fingerprint density at radius 1 is 1.26 bits per heavy atom. The predicted molar refractivity (Wildman–Crippen MR) is 102 cm³/mol. The number of nitrogens with zero attached hydrogens (tertiary/aromatic N) is 4. The van der Waals surface area contributed by atoms with E-state index in [9.17, 15) is 4.39 Å². The van der Waals surface area contributed by atoms with Gasteiger partial charge in [0, 0.05) is 37.0 Å². The number of benzene rings is 1. The highest BCUT2D eigenvalue weighted by molar-refractivity contribution is 5.66. The number of H-pyrrole nitrogens is 1. The quantitative estimate of drug-likeness (QED) is 0.716. The van der Waals surface area contributed by atoms with Gasteiger partial charge in [-0.05, 0) is 30.5 Å². The maximum atomic E-state index is 14.2. The molecule has 7 nitrogen and oxygen atoms in total. The van der Waals surface area contributed by atoms with Crippen LogP contribution in [0.3, 0.4) is 0 Å². The Bertz CT molecular complexity index is 943. The number of aromatic nitrogens is 4. The molecule has 8 heteroatoms. The van der Waals surface area contributed by atoms with Gasteiger partial charge >= 0.3 is 0 Å². The summed E-state index contributed by atoms with van der Waals surface area (Å²) >= 11 is 0. The van der Waals surface area contributed by atoms with Crippen LogP contribution >= 0.6 is 0 Å². The lowest BCUT2D eigenvalue weighted by molar-refractivity contribution is 0.411. The number of rotatable bonds is 5. The van der Waals surface area contributed by atoms with Crippen molar-refractivity contribution < 1.29 is 9.13 Å². The van der Waals surface area contributed by atoms with Gasteiger partial charge in [-0.3, -0.25) is 5.10 Å². The summed E-state index contributed by atoms with van der Waals surface area (Å²) in [5.41, 5.74) is 0.992. The van der Waals surface area contributed by atoms with Gasteiger partial charge in [0.05, 0.1) is 12.8 Å². The van der Waals surface area contributed by atoms with E-state index in [4.69, 9.17) is 4.74 Å². The average molecular weight is 368 g/mol. The van der Waals surface area contributed by atoms with Crippen LogP contribution < -0.4 is 15.0 Å². The summed E-state index contributed by atoms with van der Waals surface area (Å²) in [5.74, 6) is 2.66. The van der Waals surface area contributed by atoms with Gasteiger partial charge in [0.2, 0.25) is 5.95 Å². The molecule has 1 unspecified atom stereocenters. The van der Waals surface area contributed by atoms with Crippen molar-refractivity contribution in [3.8, 4) is 17.0 Å². The van der Waals surface area contributed by atoms with Crippen LogP contribution in [0.25, 0.3) is 11.3 Å². The summed E-state index contributed by atoms with van der Waals surface area (Å²) in [6, 6.07) is 8.23. The maximum absolute atomic E-state index is 14.2. The van der Waals surface area contributed by atoms with Crippen molar-refractivity contribution in [3.63, 3.8) is 0 Å². The Kier molecular flexibility index (Phi) is 4.62. The van der Waals surface area contributed by atoms with Crippen molar-refractivity contribution in [2.75, 3.05) is 30.4 Å². The number of ether oxygens (including phenoxy) is 1. The van der Waals surface area contributed by atoms with E-state index in [1.54, 1.807) is 30.5 Å². The van der Waals surface area contributed by atoms with E-state index in [1.807, 2.05) is 0 Å². The maximum Gasteiger partial charge on any atom is 0.227 e. The average Bonchev–Trinajstić information content (AvgIpc) is 3.31. The van der Waals surface area contributed by atoms with E-state index in [1.165, 1.54) is 13.2 Å². The van der Waals surface area contributed by atoms with Gasteiger partial charge in [-0.15, -0.1) is 0 Å². The summed E-state index contributed by atoms with van der Waals surface area (Å²) in [5, 5.41) is 10.2. The lowest BCUT2D eigenvalue weighted by Gasteiger charge is -2.16. The molecular weight excluding hydrogens is 347 g/mol. The van der Waals surface area contributed by atoms with Crippen molar-refractivity contribution in [2.24, 2.45) is 5.92 Å². The largest absolute Gasteiger partial charge is 0.497 e. The summed E-state index contributed by atoms with van der Waals surface area (Å²) in [4.78, 5) is 11.1. The number of anilines is 3. The van der Waals surface area contributed by atoms with E-state index in [0.717, 1.165) is 19.5 Å². The monoisotopic (exact) mass is 368 g/mol. The minimum Gasteiger partial charge on any atom is -0.497 e. The topological polar surface area (TPSA) is 79.0 Å². The minimum atomic E-state index is -0.378. The van der Waals surface area contributed by atoms with Crippen molar-refractivity contribution in [1.29, 1.82) is 0 Å². The Morgan fingerprint density at radius 3 is 2.89 bits per heavy atom. The molecule has 0 aliphatic carbocycles. The van der Waals surface area contributed by atoms with E-state index in [2.05, 4.69) is 37.3 Å². The molecule has 0 spiro atoms. The van der Waals surface area contributed by atoms with Crippen LogP contribution in [-0.2, 0) is 0 Å². The highest BCUT2D eigenvalue weighted by Gasteiger charge is 2.21. The number of hydrogen-bond donors (Lipinski definition) is 2. The fourth-order valence-corrected chi connectivity index (χ4v) is 3.18. The van der Waals surface area contributed by atoms with Gasteiger partial charge in [-0.1, -0.05) is 6.92 Å². The summed E-state index contributed by atoms with van der Waals surface area (Å²) in [7, 11) is 1.51. The fourth-order valence-electron chi connectivity index (χ4n) is 3.18. The predicted octanol–water partition coefficient (Wildman–Crippen LogP) is 3.60. The number of nitrogens with one attached hydrogen (secondary N) is 2. The van der Waals surface area contributed by atoms with Gasteiger partial charge in [0.15, 0.2) is 5.82 Å². The number of halogens is 1. The molecule has 1 aliphatic heterocycles. The highest BCUT2D eigenvalue weighted by atomic mass is 19.1. The van der Waals surface area contributed by atoms with Crippen LogP contribution in [0.2, 0.25) is 0 Å². The van der Waals surface area contributed by atoms with Crippen LogP contribution in [0.4, 0.5) is 22.0 Å². The third-order valence-electron chi connectivity index (χ3n) is 4.65. The molecule has 1 aromatic carbocycles. The molecule has 2 N–H and O–H groups in total. The van der Waals surface area contributed by atoms with Gasteiger partial charge in [-0.2, -0.15) is 10.1 Å². The number of hydrogen-bond acceptors (Lipinski definition) is 6. The van der Waals surface area contributed by atoms with E-state index >= 15 is 0 Å². The molecule has 0 amide bonds. The lowest BCUT2D eigenvalue weighted by atomic mass is 10.1. The van der Waals surface area contributed by atoms with Crippen LogP contribution in [0, 0.1) is 11.7 Å². The van der Waals surface area contributed by atoms with Crippen LogP contribution in [0.5, 0.6) is 5.75 Å². The molecule has 0 bridgehead atoms. The number of aromatic amines is 1. The second-order valence-electron chi connectivity index (χ2n) is 6.72. The first-order valence-corrected chi connectivity index (χ1v) is 8.86.